The van der Waals surface area contributed by atoms with Crippen molar-refractivity contribution >= 4 is 44.3 Å². The molecule has 0 fully saturated rings. The van der Waals surface area contributed by atoms with E-state index in [0.717, 1.165) is 6.07 Å². The molecule has 88 valence electrons. The zero-order valence-electron chi connectivity index (χ0n) is 8.11. The number of alkyl halides is 4. The Morgan fingerprint density at radius 3 is 2.44 bits per heavy atom. The summed E-state index contributed by atoms with van der Waals surface area (Å²) in [6.07, 6.45) is -4.39. The maximum absolute atomic E-state index is 12.6. The third kappa shape index (κ3) is 3.19. The molecule has 0 saturated carbocycles. The second-order valence-corrected chi connectivity index (χ2v) is 5.29. The maximum Gasteiger partial charge on any atom is 0.417 e. The standard InChI is InChI=1S/C10H7BrF3IO/c1-5(16)9(11)6-2-3-8(15)7(4-6)10(12,13)14/h2-4,9H,1H3. The summed E-state index contributed by atoms with van der Waals surface area (Å²) in [5.74, 6) is -0.227. The topological polar surface area (TPSA) is 17.1 Å². The van der Waals surface area contributed by atoms with Crippen molar-refractivity contribution in [1.82, 2.24) is 0 Å². The summed E-state index contributed by atoms with van der Waals surface area (Å²) in [5.41, 5.74) is -0.392. The smallest absolute Gasteiger partial charge is 0.298 e. The molecular formula is C10H7BrF3IO. The second-order valence-electron chi connectivity index (χ2n) is 3.21. The van der Waals surface area contributed by atoms with E-state index in [2.05, 4.69) is 15.9 Å². The number of benzene rings is 1. The monoisotopic (exact) mass is 406 g/mol. The van der Waals surface area contributed by atoms with Gasteiger partial charge in [0.05, 0.1) is 10.4 Å². The fourth-order valence-corrected chi connectivity index (χ4v) is 2.08. The van der Waals surface area contributed by atoms with E-state index in [9.17, 15) is 18.0 Å². The van der Waals surface area contributed by atoms with Gasteiger partial charge in [-0.25, -0.2) is 0 Å². The summed E-state index contributed by atoms with van der Waals surface area (Å²) < 4.78 is 37.9. The van der Waals surface area contributed by atoms with Crippen molar-refractivity contribution in [3.05, 3.63) is 32.9 Å². The Kier molecular flexibility index (Phi) is 4.39. The molecular weight excluding hydrogens is 400 g/mol. The van der Waals surface area contributed by atoms with Gasteiger partial charge in [-0.2, -0.15) is 13.2 Å². The van der Waals surface area contributed by atoms with Gasteiger partial charge in [0.25, 0.3) is 0 Å². The minimum absolute atomic E-state index is 0.122. The van der Waals surface area contributed by atoms with Crippen molar-refractivity contribution < 1.29 is 18.0 Å². The third-order valence-electron chi connectivity index (χ3n) is 1.95. The van der Waals surface area contributed by atoms with E-state index in [0.29, 0.717) is 5.56 Å². The summed E-state index contributed by atoms with van der Waals surface area (Å²) in [5, 5.41) is 0. The number of rotatable bonds is 2. The summed E-state index contributed by atoms with van der Waals surface area (Å²) in [7, 11) is 0. The van der Waals surface area contributed by atoms with E-state index in [4.69, 9.17) is 0 Å². The van der Waals surface area contributed by atoms with E-state index < -0.39 is 16.6 Å². The normalized spacial score (nSPS) is 13.6. The van der Waals surface area contributed by atoms with Gasteiger partial charge in [-0.1, -0.05) is 22.0 Å². The van der Waals surface area contributed by atoms with Crippen LogP contribution in [0.1, 0.15) is 22.9 Å². The van der Waals surface area contributed by atoms with Crippen LogP contribution in [-0.2, 0) is 11.0 Å². The van der Waals surface area contributed by atoms with Crippen LogP contribution in [0.25, 0.3) is 0 Å². The summed E-state index contributed by atoms with van der Waals surface area (Å²) in [6.45, 7) is 1.32. The van der Waals surface area contributed by atoms with Crippen LogP contribution >= 0.6 is 38.5 Å². The zero-order valence-corrected chi connectivity index (χ0v) is 11.9. The molecule has 0 amide bonds. The molecule has 0 aliphatic carbocycles. The molecule has 1 rings (SSSR count). The molecule has 1 aromatic carbocycles. The Morgan fingerprint density at radius 2 is 2.00 bits per heavy atom. The van der Waals surface area contributed by atoms with Crippen molar-refractivity contribution in [2.75, 3.05) is 0 Å². The molecule has 16 heavy (non-hydrogen) atoms. The maximum atomic E-state index is 12.6. The largest absolute Gasteiger partial charge is 0.417 e. The van der Waals surface area contributed by atoms with Gasteiger partial charge >= 0.3 is 6.18 Å². The zero-order chi connectivity index (χ0) is 12.5. The van der Waals surface area contributed by atoms with E-state index in [-0.39, 0.29) is 9.35 Å². The fourth-order valence-electron chi connectivity index (χ4n) is 1.15. The third-order valence-corrected chi connectivity index (χ3v) is 4.06. The van der Waals surface area contributed by atoms with Crippen LogP contribution in [-0.4, -0.2) is 5.78 Å². The van der Waals surface area contributed by atoms with Crippen LogP contribution in [0.2, 0.25) is 0 Å². The first-order valence-electron chi connectivity index (χ1n) is 4.24. The molecule has 0 saturated heterocycles. The number of hydrogen-bond donors (Lipinski definition) is 0. The van der Waals surface area contributed by atoms with E-state index in [1.54, 1.807) is 22.6 Å². The number of carbonyl (C=O) groups is 1. The molecule has 1 aromatic rings. The predicted molar refractivity (Wildman–Crippen MR) is 66.5 cm³/mol. The molecule has 6 heteroatoms. The molecule has 0 radical (unpaired) electrons. The highest BCUT2D eigenvalue weighted by Gasteiger charge is 2.33. The Balaban J connectivity index is 3.23. The van der Waals surface area contributed by atoms with Gasteiger partial charge in [-0.05, 0) is 47.2 Å². The summed E-state index contributed by atoms with van der Waals surface area (Å²) in [6, 6.07) is 3.87. The van der Waals surface area contributed by atoms with Gasteiger partial charge in [0.2, 0.25) is 0 Å². The van der Waals surface area contributed by atoms with Crippen molar-refractivity contribution in [1.29, 1.82) is 0 Å². The number of Topliss-reactive ketones (excluding diaryl/α,β-unsaturated/α-hetero) is 1. The molecule has 0 N–H and O–H groups in total. The lowest BCUT2D eigenvalue weighted by Crippen LogP contribution is -2.10. The van der Waals surface area contributed by atoms with E-state index in [1.807, 2.05) is 0 Å². The highest BCUT2D eigenvalue weighted by atomic mass is 127. The number of carbonyl (C=O) groups excluding carboxylic acids is 1. The molecule has 1 unspecified atom stereocenters. The minimum atomic E-state index is -4.39. The fraction of sp³-hybridized carbons (Fsp3) is 0.300. The average Bonchev–Trinajstić information content (AvgIpc) is 2.15. The van der Waals surface area contributed by atoms with Gasteiger partial charge in [0, 0.05) is 3.57 Å². The molecule has 0 bridgehead atoms. The van der Waals surface area contributed by atoms with Crippen LogP contribution in [0, 0.1) is 3.57 Å². The Bertz CT molecular complexity index is 417. The van der Waals surface area contributed by atoms with Crippen molar-refractivity contribution in [2.24, 2.45) is 0 Å². The first-order chi connectivity index (χ1) is 7.23. The van der Waals surface area contributed by atoms with Crippen LogP contribution in [0.3, 0.4) is 0 Å². The number of ketones is 1. The Labute approximate surface area is 113 Å². The number of hydrogen-bond acceptors (Lipinski definition) is 1. The van der Waals surface area contributed by atoms with Crippen LogP contribution < -0.4 is 0 Å². The molecule has 1 atom stereocenters. The van der Waals surface area contributed by atoms with Gasteiger partial charge in [-0.3, -0.25) is 4.79 Å². The molecule has 0 aromatic heterocycles. The number of halogens is 5. The van der Waals surface area contributed by atoms with Gasteiger partial charge in [0.1, 0.15) is 5.78 Å². The molecule has 1 nitrogen and oxygen atoms in total. The SMILES string of the molecule is CC(=O)C(Br)c1ccc(I)c(C(F)(F)F)c1. The Morgan fingerprint density at radius 1 is 1.44 bits per heavy atom. The van der Waals surface area contributed by atoms with Crippen molar-refractivity contribution in [3.8, 4) is 0 Å². The van der Waals surface area contributed by atoms with Crippen LogP contribution in [0.15, 0.2) is 18.2 Å². The molecule has 0 aliphatic heterocycles. The first kappa shape index (κ1) is 14.0. The Hall–Kier alpha value is -0.110. The van der Waals surface area contributed by atoms with Gasteiger partial charge < -0.3 is 0 Å². The van der Waals surface area contributed by atoms with Gasteiger partial charge in [-0.15, -0.1) is 0 Å². The van der Waals surface area contributed by atoms with E-state index in [1.165, 1.54) is 19.1 Å². The lowest BCUT2D eigenvalue weighted by Gasteiger charge is -2.13. The first-order valence-corrected chi connectivity index (χ1v) is 6.24. The second kappa shape index (κ2) is 5.03. The lowest BCUT2D eigenvalue weighted by atomic mass is 10.1. The van der Waals surface area contributed by atoms with Crippen molar-refractivity contribution in [3.63, 3.8) is 0 Å². The van der Waals surface area contributed by atoms with E-state index >= 15 is 0 Å². The quantitative estimate of drug-likeness (QED) is 0.527. The average molecular weight is 407 g/mol. The van der Waals surface area contributed by atoms with Crippen molar-refractivity contribution in [2.45, 2.75) is 17.9 Å². The summed E-state index contributed by atoms with van der Waals surface area (Å²) >= 11 is 4.68. The highest BCUT2D eigenvalue weighted by molar-refractivity contribution is 14.1. The highest BCUT2D eigenvalue weighted by Crippen LogP contribution is 2.35. The minimum Gasteiger partial charge on any atom is -0.298 e. The van der Waals surface area contributed by atoms with Gasteiger partial charge in [0.15, 0.2) is 0 Å². The van der Waals surface area contributed by atoms with Crippen LogP contribution in [0.4, 0.5) is 13.2 Å². The molecule has 0 aliphatic rings. The lowest BCUT2D eigenvalue weighted by molar-refractivity contribution is -0.138. The summed E-state index contributed by atoms with van der Waals surface area (Å²) in [4.78, 5) is 10.4. The molecule has 0 spiro atoms. The molecule has 0 heterocycles. The predicted octanol–water partition coefficient (Wildman–Crippen LogP) is 4.34. The van der Waals surface area contributed by atoms with Crippen LogP contribution in [0.5, 0.6) is 0 Å².